The number of oxime groups is 1. The van der Waals surface area contributed by atoms with E-state index < -0.39 is 11.9 Å². The molecule has 0 saturated carbocycles. The lowest BCUT2D eigenvalue weighted by Crippen LogP contribution is -2.33. The molecule has 3 aromatic rings. The molecule has 1 aliphatic rings. The van der Waals surface area contributed by atoms with E-state index >= 15 is 0 Å². The van der Waals surface area contributed by atoms with Crippen LogP contribution in [0.2, 0.25) is 0 Å². The highest BCUT2D eigenvalue weighted by Gasteiger charge is 2.26. The van der Waals surface area contributed by atoms with Crippen molar-refractivity contribution in [2.24, 2.45) is 5.16 Å². The van der Waals surface area contributed by atoms with E-state index in [1.807, 2.05) is 31.2 Å². The van der Waals surface area contributed by atoms with Gasteiger partial charge in [0.25, 0.3) is 5.91 Å². The number of nitrogens with zero attached hydrogens (tertiary/aromatic N) is 2. The van der Waals surface area contributed by atoms with Gasteiger partial charge in [-0.1, -0.05) is 42.1 Å². The van der Waals surface area contributed by atoms with E-state index in [2.05, 4.69) is 22.0 Å². The van der Waals surface area contributed by atoms with Crippen LogP contribution in [0.15, 0.2) is 102 Å². The van der Waals surface area contributed by atoms with Crippen LogP contribution in [0, 0.1) is 12.7 Å². The molecule has 0 aliphatic carbocycles. The van der Waals surface area contributed by atoms with Gasteiger partial charge in [-0.05, 0) is 79.9 Å². The fraction of sp³-hybridized carbons (Fsp3) is 0.194. The molecular formula is C31H29F2N3O2. The largest absolute Gasteiger partial charge is 0.385 e. The number of carbonyl (C=O) groups excluding carboxylic acids is 1. The SMILES string of the molecule is C=C(/C=C\C(F)=C/C)[C@@H](C)NC(=O)c1cc(C2=NO[C@H](c3ccccn3)C2)cc(-c2ccc(C)cc2F)c1. The number of hydrogen-bond donors (Lipinski definition) is 1. The molecule has 2 aromatic carbocycles. The number of aromatic nitrogens is 1. The Balaban J connectivity index is 1.65. The van der Waals surface area contributed by atoms with E-state index in [9.17, 15) is 13.6 Å². The van der Waals surface area contributed by atoms with E-state index in [4.69, 9.17) is 4.84 Å². The summed E-state index contributed by atoms with van der Waals surface area (Å²) in [4.78, 5) is 23.3. The number of aryl methyl sites for hydroxylation is 1. The van der Waals surface area contributed by atoms with Gasteiger partial charge >= 0.3 is 0 Å². The van der Waals surface area contributed by atoms with Gasteiger partial charge in [0.2, 0.25) is 0 Å². The fourth-order valence-corrected chi connectivity index (χ4v) is 4.01. The summed E-state index contributed by atoms with van der Waals surface area (Å²) in [6, 6.07) is 15.2. The summed E-state index contributed by atoms with van der Waals surface area (Å²) in [6.07, 6.45) is 5.93. The van der Waals surface area contributed by atoms with E-state index in [0.29, 0.717) is 40.0 Å². The zero-order valence-electron chi connectivity index (χ0n) is 21.5. The van der Waals surface area contributed by atoms with E-state index in [0.717, 1.165) is 11.3 Å². The highest BCUT2D eigenvalue weighted by Crippen LogP contribution is 2.31. The van der Waals surface area contributed by atoms with Crippen molar-refractivity contribution in [1.82, 2.24) is 10.3 Å². The maximum absolute atomic E-state index is 14.9. The molecule has 1 aliphatic heterocycles. The summed E-state index contributed by atoms with van der Waals surface area (Å²) in [5.41, 5.74) is 4.58. The standard InChI is InChI=1S/C31H29F2N3O2/c1-5-25(32)11-10-20(3)21(4)35-31(37)24-16-22(26-12-9-19(2)14-27(26)33)15-23(17-24)29-18-30(38-36-29)28-8-6-7-13-34-28/h5-17,21,30H,3,18H2,1-2,4H3,(H,35,37)/b11-10-,25-5+/t21-,30+/m1/s1. The predicted octanol–water partition coefficient (Wildman–Crippen LogP) is 7.17. The predicted molar refractivity (Wildman–Crippen MR) is 146 cm³/mol. The number of benzene rings is 2. The Morgan fingerprint density at radius 1 is 1.16 bits per heavy atom. The molecule has 5 nitrogen and oxygen atoms in total. The zero-order valence-corrected chi connectivity index (χ0v) is 21.5. The van der Waals surface area contributed by atoms with Crippen molar-refractivity contribution in [3.05, 3.63) is 125 Å². The maximum atomic E-state index is 14.9. The number of hydrogen-bond acceptors (Lipinski definition) is 4. The molecule has 0 unspecified atom stereocenters. The monoisotopic (exact) mass is 513 g/mol. The number of pyridine rings is 1. The maximum Gasteiger partial charge on any atom is 0.251 e. The van der Waals surface area contributed by atoms with Crippen LogP contribution in [0.1, 0.15) is 53.6 Å². The van der Waals surface area contributed by atoms with Crippen LogP contribution < -0.4 is 5.32 Å². The number of halogens is 2. The first kappa shape index (κ1) is 26.7. The molecule has 0 fully saturated rings. The minimum atomic E-state index is -0.465. The Morgan fingerprint density at radius 3 is 2.66 bits per heavy atom. The van der Waals surface area contributed by atoms with Gasteiger partial charge in [0.05, 0.1) is 17.4 Å². The van der Waals surface area contributed by atoms with Gasteiger partial charge < -0.3 is 10.2 Å². The van der Waals surface area contributed by atoms with Crippen molar-refractivity contribution in [2.75, 3.05) is 0 Å². The smallest absolute Gasteiger partial charge is 0.251 e. The molecule has 1 amide bonds. The Morgan fingerprint density at radius 2 is 1.95 bits per heavy atom. The summed E-state index contributed by atoms with van der Waals surface area (Å²) < 4.78 is 28.4. The van der Waals surface area contributed by atoms with Crippen molar-refractivity contribution in [3.63, 3.8) is 0 Å². The third-order valence-corrected chi connectivity index (χ3v) is 6.29. The average molecular weight is 514 g/mol. The Hall–Kier alpha value is -4.39. The zero-order chi connectivity index (χ0) is 27.2. The van der Waals surface area contributed by atoms with Gasteiger partial charge in [0.1, 0.15) is 11.6 Å². The minimum Gasteiger partial charge on any atom is -0.385 e. The van der Waals surface area contributed by atoms with Crippen molar-refractivity contribution < 1.29 is 18.4 Å². The number of nitrogens with one attached hydrogen (secondary N) is 1. The molecule has 0 radical (unpaired) electrons. The first-order valence-corrected chi connectivity index (χ1v) is 12.3. The molecule has 7 heteroatoms. The van der Waals surface area contributed by atoms with Crippen molar-refractivity contribution in [3.8, 4) is 11.1 Å². The second-order valence-corrected chi connectivity index (χ2v) is 9.15. The lowest BCUT2D eigenvalue weighted by molar-refractivity contribution is 0.0826. The average Bonchev–Trinajstić information content (AvgIpc) is 3.42. The van der Waals surface area contributed by atoms with E-state index in [-0.39, 0.29) is 17.8 Å². The number of rotatable bonds is 8. The molecular weight excluding hydrogens is 484 g/mol. The van der Waals surface area contributed by atoms with Gasteiger partial charge in [-0.2, -0.15) is 0 Å². The summed E-state index contributed by atoms with van der Waals surface area (Å²) >= 11 is 0. The highest BCUT2D eigenvalue weighted by atomic mass is 19.1. The lowest BCUT2D eigenvalue weighted by atomic mass is 9.94. The first-order chi connectivity index (χ1) is 18.2. The first-order valence-electron chi connectivity index (χ1n) is 12.3. The molecule has 0 saturated heterocycles. The van der Waals surface area contributed by atoms with Gasteiger partial charge in [-0.3, -0.25) is 9.78 Å². The Labute approximate surface area is 221 Å². The van der Waals surface area contributed by atoms with Gasteiger partial charge in [0.15, 0.2) is 6.10 Å². The van der Waals surface area contributed by atoms with Crippen LogP contribution in [-0.2, 0) is 4.84 Å². The van der Waals surface area contributed by atoms with Crippen LogP contribution in [0.25, 0.3) is 11.1 Å². The Bertz CT molecular complexity index is 1440. The third kappa shape index (κ3) is 6.29. The second kappa shape index (κ2) is 11.8. The molecule has 1 aromatic heterocycles. The van der Waals surface area contributed by atoms with Crippen LogP contribution in [0.5, 0.6) is 0 Å². The van der Waals surface area contributed by atoms with Gasteiger partial charge in [0, 0.05) is 29.3 Å². The molecule has 0 bridgehead atoms. The molecule has 194 valence electrons. The van der Waals surface area contributed by atoms with E-state index in [1.165, 1.54) is 24.3 Å². The van der Waals surface area contributed by atoms with Gasteiger partial charge in [-0.15, -0.1) is 0 Å². The number of allylic oxidation sites excluding steroid dienone is 3. The topological polar surface area (TPSA) is 63.6 Å². The highest BCUT2D eigenvalue weighted by molar-refractivity contribution is 6.05. The molecule has 38 heavy (non-hydrogen) atoms. The normalized spacial score (nSPS) is 16.2. The van der Waals surface area contributed by atoms with E-state index in [1.54, 1.807) is 44.3 Å². The number of amides is 1. The third-order valence-electron chi connectivity index (χ3n) is 6.29. The fourth-order valence-electron chi connectivity index (χ4n) is 4.01. The molecule has 0 spiro atoms. The summed E-state index contributed by atoms with van der Waals surface area (Å²) in [6.45, 7) is 9.09. The van der Waals surface area contributed by atoms with Crippen molar-refractivity contribution in [1.29, 1.82) is 0 Å². The molecule has 1 N–H and O–H groups in total. The molecule has 4 rings (SSSR count). The van der Waals surface area contributed by atoms with Gasteiger partial charge in [-0.25, -0.2) is 8.78 Å². The van der Waals surface area contributed by atoms with Crippen LogP contribution in [-0.4, -0.2) is 22.6 Å². The van der Waals surface area contributed by atoms with Crippen LogP contribution >= 0.6 is 0 Å². The van der Waals surface area contributed by atoms with Crippen molar-refractivity contribution in [2.45, 2.75) is 39.3 Å². The van der Waals surface area contributed by atoms with Crippen LogP contribution in [0.4, 0.5) is 8.78 Å². The Kier molecular flexibility index (Phi) is 8.26. The van der Waals surface area contributed by atoms with Crippen LogP contribution in [0.3, 0.4) is 0 Å². The lowest BCUT2D eigenvalue weighted by Gasteiger charge is -2.16. The summed E-state index contributed by atoms with van der Waals surface area (Å²) in [5.74, 6) is -1.16. The molecule has 2 heterocycles. The number of carbonyl (C=O) groups is 1. The summed E-state index contributed by atoms with van der Waals surface area (Å²) in [5, 5.41) is 7.15. The van der Waals surface area contributed by atoms with Crippen molar-refractivity contribution >= 4 is 11.6 Å². The minimum absolute atomic E-state index is 0.324. The molecule has 2 atom stereocenters. The second-order valence-electron chi connectivity index (χ2n) is 9.15. The quantitative estimate of drug-likeness (QED) is 0.325. The summed E-state index contributed by atoms with van der Waals surface area (Å²) in [7, 11) is 0.